The van der Waals surface area contributed by atoms with Crippen LogP contribution in [0.25, 0.3) is 0 Å². The van der Waals surface area contributed by atoms with Crippen LogP contribution in [-0.2, 0) is 0 Å². The monoisotopic (exact) mass is 166 g/mol. The normalized spacial score (nSPS) is 35.0. The van der Waals surface area contributed by atoms with E-state index in [-0.39, 0.29) is 0 Å². The summed E-state index contributed by atoms with van der Waals surface area (Å²) >= 11 is 0. The van der Waals surface area contributed by atoms with Crippen molar-refractivity contribution in [2.45, 2.75) is 31.7 Å². The maximum atomic E-state index is 3.39. The van der Waals surface area contributed by atoms with E-state index >= 15 is 0 Å². The first-order valence-corrected chi connectivity index (χ1v) is 5.33. The second-order valence-corrected chi connectivity index (χ2v) is 4.95. The smallest absolute Gasteiger partial charge is 0.0207 e. The number of hydrogen-bond acceptors (Lipinski definition) is 2. The van der Waals surface area contributed by atoms with Crippen molar-refractivity contribution in [2.75, 3.05) is 26.2 Å². The largest absolute Gasteiger partial charge is 0.315 e. The van der Waals surface area contributed by atoms with Crippen molar-refractivity contribution in [3.63, 3.8) is 0 Å². The Morgan fingerprint density at radius 3 is 2.25 bits per heavy atom. The Labute approximate surface area is 74.3 Å². The summed E-state index contributed by atoms with van der Waals surface area (Å²) in [5.74, 6) is 0. The van der Waals surface area contributed by atoms with Gasteiger partial charge in [-0.3, -0.25) is 4.90 Å². The summed E-state index contributed by atoms with van der Waals surface area (Å²) in [5, 5.41) is 3.39. The molecule has 0 aromatic heterocycles. The van der Waals surface area contributed by atoms with Gasteiger partial charge in [-0.25, -0.2) is 0 Å². The van der Waals surface area contributed by atoms with E-state index in [9.17, 15) is 0 Å². The molecule has 0 atom stereocenters. The highest BCUT2D eigenvalue weighted by Crippen LogP contribution is 2.38. The van der Waals surface area contributed by atoms with Crippen molar-refractivity contribution in [2.24, 2.45) is 5.41 Å². The van der Waals surface area contributed by atoms with E-state index in [1.807, 2.05) is 0 Å². The van der Waals surface area contributed by atoms with Gasteiger partial charge in [-0.05, 0) is 12.8 Å². The van der Waals surface area contributed by atoms with Crippen LogP contribution in [0.15, 0.2) is 0 Å². The third kappa shape index (κ3) is 0.944. The molecule has 1 spiro atoms. The maximum absolute atomic E-state index is 3.39. The molecule has 0 amide bonds. The van der Waals surface area contributed by atoms with E-state index in [0.717, 1.165) is 11.5 Å². The van der Waals surface area contributed by atoms with Gasteiger partial charge in [0.2, 0.25) is 0 Å². The fourth-order valence-electron chi connectivity index (χ4n) is 3.05. The van der Waals surface area contributed by atoms with E-state index in [2.05, 4.69) is 10.2 Å². The minimum absolute atomic E-state index is 0.739. The minimum Gasteiger partial charge on any atom is -0.315 e. The molecule has 0 unspecified atom stereocenters. The Morgan fingerprint density at radius 1 is 1.08 bits per heavy atom. The lowest BCUT2D eigenvalue weighted by Crippen LogP contribution is -2.72. The van der Waals surface area contributed by atoms with Gasteiger partial charge in [0.1, 0.15) is 0 Å². The third-order valence-electron chi connectivity index (χ3n) is 3.92. The summed E-state index contributed by atoms with van der Waals surface area (Å²) < 4.78 is 0. The molecule has 2 aliphatic heterocycles. The predicted octanol–water partition coefficient (Wildman–Crippen LogP) is 0.834. The molecule has 1 aliphatic carbocycles. The second kappa shape index (κ2) is 2.46. The van der Waals surface area contributed by atoms with Crippen molar-refractivity contribution in [1.82, 2.24) is 10.2 Å². The van der Waals surface area contributed by atoms with Crippen LogP contribution in [0.3, 0.4) is 0 Å². The third-order valence-corrected chi connectivity index (χ3v) is 3.92. The van der Waals surface area contributed by atoms with Crippen LogP contribution in [0, 0.1) is 5.41 Å². The average Bonchev–Trinajstić information content (AvgIpc) is 2.32. The lowest BCUT2D eigenvalue weighted by Gasteiger charge is -2.58. The Kier molecular flexibility index (Phi) is 1.50. The molecule has 3 rings (SSSR count). The zero-order chi connectivity index (χ0) is 8.02. The predicted molar refractivity (Wildman–Crippen MR) is 49.1 cm³/mol. The first kappa shape index (κ1) is 7.34. The minimum atomic E-state index is 0.739. The molecule has 0 aromatic rings. The van der Waals surface area contributed by atoms with E-state index in [0.29, 0.717) is 0 Å². The van der Waals surface area contributed by atoms with Crippen molar-refractivity contribution >= 4 is 0 Å². The Hall–Kier alpha value is -0.0800. The van der Waals surface area contributed by atoms with Crippen LogP contribution in [0.1, 0.15) is 25.7 Å². The molecule has 2 heterocycles. The SMILES string of the molecule is C1CCC(N2CC3(CNC3)C2)C1. The maximum Gasteiger partial charge on any atom is 0.0207 e. The molecule has 2 saturated heterocycles. The van der Waals surface area contributed by atoms with Crippen molar-refractivity contribution < 1.29 is 0 Å². The van der Waals surface area contributed by atoms with E-state index in [1.165, 1.54) is 51.9 Å². The van der Waals surface area contributed by atoms with Gasteiger partial charge in [0, 0.05) is 37.6 Å². The van der Waals surface area contributed by atoms with Crippen LogP contribution in [0.5, 0.6) is 0 Å². The first-order valence-electron chi connectivity index (χ1n) is 5.33. The van der Waals surface area contributed by atoms with E-state index < -0.39 is 0 Å². The average molecular weight is 166 g/mol. The topological polar surface area (TPSA) is 15.3 Å². The van der Waals surface area contributed by atoms with Gasteiger partial charge < -0.3 is 5.32 Å². The summed E-state index contributed by atoms with van der Waals surface area (Å²) in [6.45, 7) is 5.36. The molecule has 12 heavy (non-hydrogen) atoms. The van der Waals surface area contributed by atoms with Gasteiger partial charge in [0.15, 0.2) is 0 Å². The van der Waals surface area contributed by atoms with Gasteiger partial charge in [-0.15, -0.1) is 0 Å². The summed E-state index contributed by atoms with van der Waals surface area (Å²) in [6.07, 6.45) is 5.91. The van der Waals surface area contributed by atoms with Crippen LogP contribution >= 0.6 is 0 Å². The van der Waals surface area contributed by atoms with Crippen LogP contribution in [-0.4, -0.2) is 37.1 Å². The van der Waals surface area contributed by atoms with Gasteiger partial charge >= 0.3 is 0 Å². The Bertz CT molecular complexity index is 172. The molecule has 1 saturated carbocycles. The number of hydrogen-bond donors (Lipinski definition) is 1. The highest BCUT2D eigenvalue weighted by molar-refractivity contribution is 5.05. The highest BCUT2D eigenvalue weighted by atomic mass is 15.3. The molecule has 0 radical (unpaired) electrons. The molecule has 0 aromatic carbocycles. The highest BCUT2D eigenvalue weighted by Gasteiger charge is 2.49. The van der Waals surface area contributed by atoms with Gasteiger partial charge in [-0.1, -0.05) is 12.8 Å². The second-order valence-electron chi connectivity index (χ2n) is 4.95. The number of nitrogens with zero attached hydrogens (tertiary/aromatic N) is 1. The van der Waals surface area contributed by atoms with Gasteiger partial charge in [0.05, 0.1) is 0 Å². The van der Waals surface area contributed by atoms with E-state index in [4.69, 9.17) is 0 Å². The zero-order valence-corrected chi connectivity index (χ0v) is 7.68. The first-order chi connectivity index (χ1) is 5.88. The van der Waals surface area contributed by atoms with Crippen LogP contribution in [0.2, 0.25) is 0 Å². The van der Waals surface area contributed by atoms with Crippen molar-refractivity contribution in [3.05, 3.63) is 0 Å². The van der Waals surface area contributed by atoms with E-state index in [1.54, 1.807) is 0 Å². The summed E-state index contributed by atoms with van der Waals surface area (Å²) in [4.78, 5) is 2.72. The summed E-state index contributed by atoms with van der Waals surface area (Å²) in [6, 6.07) is 0.969. The molecule has 68 valence electrons. The lowest BCUT2D eigenvalue weighted by atomic mass is 9.73. The van der Waals surface area contributed by atoms with Crippen LogP contribution < -0.4 is 5.32 Å². The van der Waals surface area contributed by atoms with Gasteiger partial charge in [0.25, 0.3) is 0 Å². The number of rotatable bonds is 1. The van der Waals surface area contributed by atoms with Crippen molar-refractivity contribution in [1.29, 1.82) is 0 Å². The Morgan fingerprint density at radius 2 is 1.75 bits per heavy atom. The molecule has 3 fully saturated rings. The Balaban J connectivity index is 1.54. The quantitative estimate of drug-likeness (QED) is 0.621. The van der Waals surface area contributed by atoms with Gasteiger partial charge in [-0.2, -0.15) is 0 Å². The van der Waals surface area contributed by atoms with Crippen LogP contribution in [0.4, 0.5) is 0 Å². The molecular weight excluding hydrogens is 148 g/mol. The molecule has 2 heteroatoms. The standard InChI is InChI=1S/C10H18N2/c1-2-4-9(3-1)12-7-10(8-12)5-11-6-10/h9,11H,1-8H2. The molecule has 1 N–H and O–H groups in total. The summed E-state index contributed by atoms with van der Waals surface area (Å²) in [5.41, 5.74) is 0.739. The fraction of sp³-hybridized carbons (Fsp3) is 1.00. The van der Waals surface area contributed by atoms with Crippen molar-refractivity contribution in [3.8, 4) is 0 Å². The summed E-state index contributed by atoms with van der Waals surface area (Å²) in [7, 11) is 0. The zero-order valence-electron chi connectivity index (χ0n) is 7.68. The molecule has 3 aliphatic rings. The molecular formula is C10H18N2. The lowest BCUT2D eigenvalue weighted by molar-refractivity contribution is -0.0632. The number of likely N-dealkylation sites (tertiary alicyclic amines) is 1. The molecule has 0 bridgehead atoms. The molecule has 2 nitrogen and oxygen atoms in total. The number of nitrogens with one attached hydrogen (secondary N) is 1. The fourth-order valence-corrected chi connectivity index (χ4v) is 3.05.